The van der Waals surface area contributed by atoms with Gasteiger partial charge in [0.2, 0.25) is 5.91 Å². The molecule has 0 aliphatic rings. The maximum atomic E-state index is 12.1. The molecule has 0 bridgehead atoms. The van der Waals surface area contributed by atoms with Crippen LogP contribution in [0.3, 0.4) is 0 Å². The van der Waals surface area contributed by atoms with Gasteiger partial charge < -0.3 is 26.4 Å². The van der Waals surface area contributed by atoms with Crippen molar-refractivity contribution in [3.05, 3.63) is 59.7 Å². The van der Waals surface area contributed by atoms with Crippen LogP contribution in [0, 0.1) is 5.41 Å². The zero-order valence-electron chi connectivity index (χ0n) is 15.2. The van der Waals surface area contributed by atoms with Crippen LogP contribution in [0.25, 0.3) is 0 Å². The van der Waals surface area contributed by atoms with Gasteiger partial charge in [0, 0.05) is 11.3 Å². The van der Waals surface area contributed by atoms with E-state index in [-0.39, 0.29) is 24.3 Å². The predicted molar refractivity (Wildman–Crippen MR) is 104 cm³/mol. The topological polar surface area (TPSA) is 129 Å². The highest BCUT2D eigenvalue weighted by molar-refractivity contribution is 5.97. The van der Waals surface area contributed by atoms with Crippen molar-refractivity contribution < 1.29 is 14.3 Å². The number of carbonyl (C=O) groups is 2. The molecule has 0 saturated carbocycles. The summed E-state index contributed by atoms with van der Waals surface area (Å²) >= 11 is 0. The Hall–Kier alpha value is -3.55. The van der Waals surface area contributed by atoms with E-state index in [1.54, 1.807) is 31.4 Å². The van der Waals surface area contributed by atoms with E-state index in [4.69, 9.17) is 15.9 Å². The van der Waals surface area contributed by atoms with Gasteiger partial charge in [-0.25, -0.2) is 4.79 Å². The third kappa shape index (κ3) is 6.03. The number of ether oxygens (including phenoxy) is 1. The summed E-state index contributed by atoms with van der Waals surface area (Å²) in [5.41, 5.74) is 7.29. The van der Waals surface area contributed by atoms with Crippen LogP contribution in [0.2, 0.25) is 0 Å². The van der Waals surface area contributed by atoms with E-state index >= 15 is 0 Å². The molecule has 0 spiro atoms. The smallest absolute Gasteiger partial charge is 0.319 e. The lowest BCUT2D eigenvalue weighted by molar-refractivity contribution is -0.120. The number of anilines is 1. The van der Waals surface area contributed by atoms with Gasteiger partial charge in [0.1, 0.15) is 11.6 Å². The minimum atomic E-state index is -0.528. The van der Waals surface area contributed by atoms with Gasteiger partial charge in [-0.15, -0.1) is 0 Å². The highest BCUT2D eigenvalue weighted by Crippen LogP contribution is 2.18. The van der Waals surface area contributed by atoms with Gasteiger partial charge in [0.05, 0.1) is 19.7 Å². The van der Waals surface area contributed by atoms with Crippen LogP contribution in [0.5, 0.6) is 5.75 Å². The number of rotatable bonds is 7. The summed E-state index contributed by atoms with van der Waals surface area (Å²) in [6.07, 6.45) is 0. The van der Waals surface area contributed by atoms with Crippen LogP contribution in [0.15, 0.2) is 48.5 Å². The van der Waals surface area contributed by atoms with Gasteiger partial charge in [0.25, 0.3) is 0 Å². The van der Waals surface area contributed by atoms with E-state index < -0.39 is 6.03 Å². The van der Waals surface area contributed by atoms with E-state index in [0.717, 1.165) is 5.56 Å². The van der Waals surface area contributed by atoms with Crippen LogP contribution in [0.1, 0.15) is 24.1 Å². The molecule has 6 N–H and O–H groups in total. The summed E-state index contributed by atoms with van der Waals surface area (Å²) in [5.74, 6) is 0.293. The molecular formula is C19H23N5O3. The number of amides is 3. The zero-order valence-corrected chi connectivity index (χ0v) is 15.2. The second-order valence-electron chi connectivity index (χ2n) is 5.87. The Balaban J connectivity index is 1.83. The molecule has 3 amide bonds. The minimum Gasteiger partial charge on any atom is -0.497 e. The maximum absolute atomic E-state index is 12.1. The van der Waals surface area contributed by atoms with Gasteiger partial charge in [0.15, 0.2) is 0 Å². The highest BCUT2D eigenvalue weighted by atomic mass is 16.5. The van der Waals surface area contributed by atoms with Crippen molar-refractivity contribution in [3.63, 3.8) is 0 Å². The van der Waals surface area contributed by atoms with Gasteiger partial charge in [-0.2, -0.15) is 0 Å². The number of hydrogen-bond acceptors (Lipinski definition) is 4. The number of amidine groups is 1. The lowest BCUT2D eigenvalue weighted by Crippen LogP contribution is -2.39. The number of methoxy groups -OCH3 is 1. The third-order valence-electron chi connectivity index (χ3n) is 3.81. The monoisotopic (exact) mass is 369 g/mol. The molecule has 1 unspecified atom stereocenters. The number of urea groups is 1. The van der Waals surface area contributed by atoms with Crippen molar-refractivity contribution in [1.82, 2.24) is 10.6 Å². The standard InChI is InChI=1S/C19H23N5O3/c1-12(13-5-4-8-16(10-13)27-2)23-17(25)11-22-19(26)24-15-7-3-6-14(9-15)18(20)21/h3-10,12H,11H2,1-2H3,(H3,20,21)(H,23,25)(H2,22,24,26). The average molecular weight is 369 g/mol. The van der Waals surface area contributed by atoms with Crippen LogP contribution < -0.4 is 26.4 Å². The number of hydrogen-bond donors (Lipinski definition) is 5. The van der Waals surface area contributed by atoms with Crippen molar-refractivity contribution in [2.45, 2.75) is 13.0 Å². The molecule has 2 aromatic carbocycles. The Morgan fingerprint density at radius 2 is 1.93 bits per heavy atom. The fourth-order valence-electron chi connectivity index (χ4n) is 2.39. The van der Waals surface area contributed by atoms with Gasteiger partial charge in [-0.1, -0.05) is 24.3 Å². The third-order valence-corrected chi connectivity index (χ3v) is 3.81. The Kier molecular flexibility index (Phi) is 6.76. The van der Waals surface area contributed by atoms with Crippen molar-refractivity contribution in [1.29, 1.82) is 5.41 Å². The summed E-state index contributed by atoms with van der Waals surface area (Å²) < 4.78 is 5.17. The normalized spacial score (nSPS) is 11.2. The lowest BCUT2D eigenvalue weighted by atomic mass is 10.1. The van der Waals surface area contributed by atoms with Gasteiger partial charge in [-0.05, 0) is 36.8 Å². The second kappa shape index (κ2) is 9.23. The lowest BCUT2D eigenvalue weighted by Gasteiger charge is -2.15. The van der Waals surface area contributed by atoms with Crippen LogP contribution in [0.4, 0.5) is 10.5 Å². The van der Waals surface area contributed by atoms with Crippen molar-refractivity contribution in [2.75, 3.05) is 19.0 Å². The Labute approximate surface area is 157 Å². The fourth-order valence-corrected chi connectivity index (χ4v) is 2.39. The molecule has 0 heterocycles. The summed E-state index contributed by atoms with van der Waals surface area (Å²) in [4.78, 5) is 24.0. The Bertz CT molecular complexity index is 838. The Morgan fingerprint density at radius 3 is 2.63 bits per heavy atom. The van der Waals surface area contributed by atoms with Crippen LogP contribution in [-0.2, 0) is 4.79 Å². The maximum Gasteiger partial charge on any atom is 0.319 e. The summed E-state index contributed by atoms with van der Waals surface area (Å²) in [6.45, 7) is 1.67. The van der Waals surface area contributed by atoms with E-state index in [1.165, 1.54) is 0 Å². The van der Waals surface area contributed by atoms with E-state index in [9.17, 15) is 9.59 Å². The summed E-state index contributed by atoms with van der Waals surface area (Å²) in [6, 6.07) is 13.2. The number of benzene rings is 2. The highest BCUT2D eigenvalue weighted by Gasteiger charge is 2.11. The fraction of sp³-hybridized carbons (Fsp3) is 0.211. The second-order valence-corrected chi connectivity index (χ2v) is 5.87. The molecule has 0 fully saturated rings. The molecule has 0 aliphatic carbocycles. The molecular weight excluding hydrogens is 346 g/mol. The SMILES string of the molecule is COc1cccc(C(C)NC(=O)CNC(=O)Nc2cccc(C(=N)N)c2)c1. The number of nitrogen functional groups attached to an aromatic ring is 1. The van der Waals surface area contributed by atoms with Gasteiger partial charge >= 0.3 is 6.03 Å². The van der Waals surface area contributed by atoms with Gasteiger partial charge in [-0.3, -0.25) is 10.2 Å². The van der Waals surface area contributed by atoms with E-state index in [1.807, 2.05) is 31.2 Å². The first-order valence-electron chi connectivity index (χ1n) is 8.31. The molecule has 0 saturated heterocycles. The first-order valence-corrected chi connectivity index (χ1v) is 8.31. The first kappa shape index (κ1) is 19.8. The predicted octanol–water partition coefficient (Wildman–Crippen LogP) is 1.98. The first-order chi connectivity index (χ1) is 12.9. The van der Waals surface area contributed by atoms with Crippen LogP contribution in [-0.4, -0.2) is 31.4 Å². The number of nitrogens with two attached hydrogens (primary N) is 1. The molecule has 8 heteroatoms. The van der Waals surface area contributed by atoms with E-state index in [0.29, 0.717) is 17.0 Å². The van der Waals surface area contributed by atoms with Crippen molar-refractivity contribution >= 4 is 23.5 Å². The zero-order chi connectivity index (χ0) is 19.8. The molecule has 8 nitrogen and oxygen atoms in total. The van der Waals surface area contributed by atoms with E-state index in [2.05, 4.69) is 16.0 Å². The molecule has 27 heavy (non-hydrogen) atoms. The molecule has 2 aromatic rings. The average Bonchev–Trinajstić information content (AvgIpc) is 2.66. The quantitative estimate of drug-likeness (QED) is 0.377. The molecule has 1 atom stereocenters. The minimum absolute atomic E-state index is 0.0926. The largest absolute Gasteiger partial charge is 0.497 e. The summed E-state index contributed by atoms with van der Waals surface area (Å²) in [7, 11) is 1.58. The number of carbonyl (C=O) groups excluding carboxylic acids is 2. The molecule has 0 radical (unpaired) electrons. The molecule has 0 aliphatic heterocycles. The van der Waals surface area contributed by atoms with Crippen molar-refractivity contribution in [3.8, 4) is 5.75 Å². The van der Waals surface area contributed by atoms with Crippen LogP contribution >= 0.6 is 0 Å². The molecule has 0 aromatic heterocycles. The number of nitrogens with one attached hydrogen (secondary N) is 4. The Morgan fingerprint density at radius 1 is 1.19 bits per heavy atom. The molecule has 142 valence electrons. The summed E-state index contributed by atoms with van der Waals surface area (Å²) in [5, 5.41) is 15.3. The molecule has 2 rings (SSSR count). The van der Waals surface area contributed by atoms with Crippen molar-refractivity contribution in [2.24, 2.45) is 5.73 Å².